The van der Waals surface area contributed by atoms with Crippen molar-refractivity contribution in [2.45, 2.75) is 62.6 Å². The minimum absolute atomic E-state index is 0.202. The molecule has 0 spiro atoms. The van der Waals surface area contributed by atoms with Crippen LogP contribution in [0, 0.1) is 17.6 Å². The Morgan fingerprint density at radius 3 is 2.57 bits per heavy atom. The van der Waals surface area contributed by atoms with Crippen LogP contribution in [0.3, 0.4) is 0 Å². The van der Waals surface area contributed by atoms with Gasteiger partial charge in [0, 0.05) is 11.8 Å². The van der Waals surface area contributed by atoms with Crippen LogP contribution >= 0.6 is 11.8 Å². The predicted molar refractivity (Wildman–Crippen MR) is 85.6 cm³/mol. The summed E-state index contributed by atoms with van der Waals surface area (Å²) in [4.78, 5) is 0.202. The lowest BCUT2D eigenvalue weighted by molar-refractivity contribution is 0.393. The van der Waals surface area contributed by atoms with Gasteiger partial charge in [0.05, 0.1) is 4.90 Å². The van der Waals surface area contributed by atoms with Gasteiger partial charge in [-0.1, -0.05) is 26.7 Å². The van der Waals surface area contributed by atoms with Gasteiger partial charge in [-0.15, -0.1) is 11.8 Å². The highest BCUT2D eigenvalue weighted by Gasteiger charge is 2.23. The molecule has 0 saturated heterocycles. The highest BCUT2D eigenvalue weighted by atomic mass is 32.2. The molecule has 21 heavy (non-hydrogen) atoms. The Balaban J connectivity index is 2.02. The fourth-order valence-electron chi connectivity index (χ4n) is 2.89. The molecule has 1 aromatic carbocycles. The fourth-order valence-corrected chi connectivity index (χ4v) is 4.27. The molecule has 0 bridgehead atoms. The second-order valence-corrected chi connectivity index (χ2v) is 7.39. The topological polar surface area (TPSA) is 12.0 Å². The second-order valence-electron chi connectivity index (χ2n) is 6.08. The molecule has 1 N–H and O–H groups in total. The summed E-state index contributed by atoms with van der Waals surface area (Å²) in [5.74, 6) is -0.155. The van der Waals surface area contributed by atoms with Crippen molar-refractivity contribution in [2.24, 2.45) is 5.92 Å². The van der Waals surface area contributed by atoms with Crippen molar-refractivity contribution in [1.82, 2.24) is 5.32 Å². The van der Waals surface area contributed by atoms with E-state index in [9.17, 15) is 8.78 Å². The Hall–Kier alpha value is -0.610. The van der Waals surface area contributed by atoms with Crippen LogP contribution in [0.4, 0.5) is 8.78 Å². The lowest BCUT2D eigenvalue weighted by atomic mass is 9.91. The molecule has 2 atom stereocenters. The van der Waals surface area contributed by atoms with Gasteiger partial charge in [0.2, 0.25) is 0 Å². The second kappa shape index (κ2) is 8.14. The Kier molecular flexibility index (Phi) is 6.49. The summed E-state index contributed by atoms with van der Waals surface area (Å²) in [6.45, 7) is 5.67. The van der Waals surface area contributed by atoms with E-state index in [0.29, 0.717) is 23.3 Å². The van der Waals surface area contributed by atoms with Crippen molar-refractivity contribution < 1.29 is 8.78 Å². The quantitative estimate of drug-likeness (QED) is 0.730. The van der Waals surface area contributed by atoms with Gasteiger partial charge >= 0.3 is 0 Å². The maximum absolute atomic E-state index is 14.2. The van der Waals surface area contributed by atoms with Crippen LogP contribution in [-0.2, 0) is 6.54 Å². The normalized spacial score (nSPS) is 22.5. The Morgan fingerprint density at radius 2 is 1.95 bits per heavy atom. The molecule has 2 unspecified atom stereocenters. The highest BCUT2D eigenvalue weighted by molar-refractivity contribution is 8.00. The van der Waals surface area contributed by atoms with Crippen molar-refractivity contribution in [2.75, 3.05) is 6.54 Å². The van der Waals surface area contributed by atoms with E-state index in [4.69, 9.17) is 0 Å². The molecule has 118 valence electrons. The van der Waals surface area contributed by atoms with Crippen LogP contribution in [0.5, 0.6) is 0 Å². The van der Waals surface area contributed by atoms with Crippen molar-refractivity contribution >= 4 is 11.8 Å². The first-order valence-electron chi connectivity index (χ1n) is 7.95. The molecule has 0 heterocycles. The highest BCUT2D eigenvalue weighted by Crippen LogP contribution is 2.38. The summed E-state index contributed by atoms with van der Waals surface area (Å²) in [5.41, 5.74) is 0.680. The number of hydrogen-bond acceptors (Lipinski definition) is 2. The maximum Gasteiger partial charge on any atom is 0.140 e. The average molecular weight is 313 g/mol. The van der Waals surface area contributed by atoms with Crippen molar-refractivity contribution in [1.29, 1.82) is 0 Å². The van der Waals surface area contributed by atoms with Crippen molar-refractivity contribution in [3.8, 4) is 0 Å². The zero-order valence-corrected chi connectivity index (χ0v) is 13.7. The first-order valence-corrected chi connectivity index (χ1v) is 8.83. The van der Waals surface area contributed by atoms with E-state index >= 15 is 0 Å². The predicted octanol–water partition coefficient (Wildman–Crippen LogP) is 5.14. The van der Waals surface area contributed by atoms with E-state index in [2.05, 4.69) is 19.2 Å². The fraction of sp³-hybridized carbons (Fsp3) is 0.647. The van der Waals surface area contributed by atoms with E-state index in [0.717, 1.165) is 25.8 Å². The van der Waals surface area contributed by atoms with Gasteiger partial charge in [-0.2, -0.15) is 0 Å². The third kappa shape index (κ3) is 4.96. The molecule has 0 amide bonds. The SMILES string of the molecule is CCCNCc1cc(F)c(SC2CCCC(C)C2)c(F)c1. The van der Waals surface area contributed by atoms with Crippen LogP contribution in [0.15, 0.2) is 17.0 Å². The monoisotopic (exact) mass is 313 g/mol. The molecule has 1 aromatic rings. The molecule has 1 saturated carbocycles. The molecule has 1 nitrogen and oxygen atoms in total. The van der Waals surface area contributed by atoms with E-state index in [1.807, 2.05) is 0 Å². The summed E-state index contributed by atoms with van der Waals surface area (Å²) in [6.07, 6.45) is 5.54. The Bertz CT molecular complexity index is 441. The summed E-state index contributed by atoms with van der Waals surface area (Å²) < 4.78 is 28.4. The number of thioether (sulfide) groups is 1. The van der Waals surface area contributed by atoms with Gasteiger partial charge in [0.15, 0.2) is 0 Å². The van der Waals surface area contributed by atoms with Crippen molar-refractivity contribution in [3.05, 3.63) is 29.3 Å². The van der Waals surface area contributed by atoms with E-state index in [1.165, 1.54) is 36.7 Å². The molecule has 1 fully saturated rings. The lowest BCUT2D eigenvalue weighted by Gasteiger charge is -2.26. The third-order valence-electron chi connectivity index (χ3n) is 3.99. The van der Waals surface area contributed by atoms with Gasteiger partial charge in [-0.3, -0.25) is 0 Å². The van der Waals surface area contributed by atoms with Gasteiger partial charge in [-0.25, -0.2) is 8.78 Å². The molecule has 0 aromatic heterocycles. The number of benzene rings is 1. The summed E-state index contributed by atoms with van der Waals surface area (Å²) in [5, 5.41) is 3.52. The van der Waals surface area contributed by atoms with Crippen LogP contribution in [0.2, 0.25) is 0 Å². The van der Waals surface area contributed by atoms with E-state index in [1.54, 1.807) is 0 Å². The Morgan fingerprint density at radius 1 is 1.24 bits per heavy atom. The van der Waals surface area contributed by atoms with Crippen LogP contribution in [-0.4, -0.2) is 11.8 Å². The summed E-state index contributed by atoms with van der Waals surface area (Å²) >= 11 is 1.39. The molecule has 0 aliphatic heterocycles. The molecule has 1 aliphatic carbocycles. The number of nitrogens with one attached hydrogen (secondary N) is 1. The maximum atomic E-state index is 14.2. The number of hydrogen-bond donors (Lipinski definition) is 1. The summed E-state index contributed by atoms with van der Waals surface area (Å²) in [7, 11) is 0. The van der Waals surface area contributed by atoms with Gasteiger partial charge in [-0.05, 0) is 49.4 Å². The van der Waals surface area contributed by atoms with Crippen molar-refractivity contribution in [3.63, 3.8) is 0 Å². The van der Waals surface area contributed by atoms with Crippen LogP contribution in [0.25, 0.3) is 0 Å². The Labute approximate surface area is 130 Å². The third-order valence-corrected chi connectivity index (χ3v) is 5.37. The minimum atomic E-state index is -0.411. The molecular formula is C17H25F2NS. The summed E-state index contributed by atoms with van der Waals surface area (Å²) in [6, 6.07) is 2.95. The molecular weight excluding hydrogens is 288 g/mol. The van der Waals surface area contributed by atoms with Gasteiger partial charge < -0.3 is 5.32 Å². The number of halogens is 2. The van der Waals surface area contributed by atoms with Crippen LogP contribution in [0.1, 0.15) is 51.5 Å². The zero-order valence-electron chi connectivity index (χ0n) is 12.9. The van der Waals surface area contributed by atoms with Gasteiger partial charge in [0.1, 0.15) is 11.6 Å². The zero-order chi connectivity index (χ0) is 15.2. The number of rotatable bonds is 6. The molecule has 0 radical (unpaired) electrons. The first-order chi connectivity index (χ1) is 10.1. The van der Waals surface area contributed by atoms with Gasteiger partial charge in [0.25, 0.3) is 0 Å². The molecule has 2 rings (SSSR count). The average Bonchev–Trinajstić information content (AvgIpc) is 2.43. The molecule has 4 heteroatoms. The minimum Gasteiger partial charge on any atom is -0.313 e. The largest absolute Gasteiger partial charge is 0.313 e. The first kappa shape index (κ1) is 16.8. The molecule has 1 aliphatic rings. The standard InChI is InChI=1S/C17H25F2NS/c1-3-7-20-11-13-9-15(18)17(16(19)10-13)21-14-6-4-5-12(2)8-14/h9-10,12,14,20H,3-8,11H2,1-2H3. The smallest absolute Gasteiger partial charge is 0.140 e. The van der Waals surface area contributed by atoms with Crippen LogP contribution < -0.4 is 5.32 Å². The van der Waals surface area contributed by atoms with E-state index < -0.39 is 11.6 Å². The lowest BCUT2D eigenvalue weighted by Crippen LogP contribution is -2.16. The van der Waals surface area contributed by atoms with E-state index in [-0.39, 0.29) is 4.90 Å².